The molecule has 38 heavy (non-hydrogen) atoms. The van der Waals surface area contributed by atoms with Gasteiger partial charge >= 0.3 is 0 Å². The number of aliphatic hydroxyl groups excluding tert-OH is 3. The molecule has 5 atom stereocenters. The predicted molar refractivity (Wildman–Crippen MR) is 136 cm³/mol. The third-order valence-corrected chi connectivity index (χ3v) is 7.22. The minimum atomic E-state index is -1.46. The number of carbonyl (C=O) groups excluding carboxylic acids is 1. The standard InChI is InChI=1S/C24H27F3IN3O7/c1-37-23-19(21(34)20(33)16(7-32)38-23)29-8-24(36)9-31(10-24)22(35)12-3-4-13(25)17(27)18(12)30-15-5-2-11(28)6-14(15)26/h2-6,16,19-21,23,29-30,32-34,36H,7-10H2,1H3/t16-,19?,20-,21-,23-/m1/s1. The lowest BCUT2D eigenvalue weighted by Crippen LogP contribution is -2.70. The van der Waals surface area contributed by atoms with Gasteiger partial charge in [0.15, 0.2) is 17.9 Å². The first kappa shape index (κ1) is 28.9. The van der Waals surface area contributed by atoms with Gasteiger partial charge in [-0.15, -0.1) is 0 Å². The molecular formula is C24H27F3IN3O7. The molecule has 2 aromatic rings. The van der Waals surface area contributed by atoms with Crippen LogP contribution in [0.5, 0.6) is 0 Å². The minimum Gasteiger partial charge on any atom is -0.394 e. The molecule has 0 bridgehead atoms. The molecule has 208 valence electrons. The largest absolute Gasteiger partial charge is 0.394 e. The molecule has 2 heterocycles. The first-order chi connectivity index (χ1) is 18.0. The summed E-state index contributed by atoms with van der Waals surface area (Å²) in [6, 6.07) is 4.97. The fourth-order valence-electron chi connectivity index (χ4n) is 4.48. The van der Waals surface area contributed by atoms with Crippen molar-refractivity contribution in [3.05, 3.63) is 56.9 Å². The first-order valence-electron chi connectivity index (χ1n) is 11.6. The Morgan fingerprint density at radius 2 is 1.89 bits per heavy atom. The van der Waals surface area contributed by atoms with Crippen LogP contribution in [0.3, 0.4) is 0 Å². The number of aliphatic hydroxyl groups is 4. The summed E-state index contributed by atoms with van der Waals surface area (Å²) in [6.45, 7) is -1.07. The second kappa shape index (κ2) is 11.6. The minimum absolute atomic E-state index is 0.144. The molecule has 1 unspecified atom stereocenters. The number of amides is 1. The van der Waals surface area contributed by atoms with Gasteiger partial charge in [-0.1, -0.05) is 0 Å². The number of benzene rings is 2. The van der Waals surface area contributed by atoms with Crippen molar-refractivity contribution in [3.63, 3.8) is 0 Å². The summed E-state index contributed by atoms with van der Waals surface area (Å²) in [5.41, 5.74) is -2.41. The van der Waals surface area contributed by atoms with E-state index in [0.29, 0.717) is 3.57 Å². The summed E-state index contributed by atoms with van der Waals surface area (Å²) < 4.78 is 54.2. The lowest BCUT2D eigenvalue weighted by molar-refractivity contribution is -0.264. The van der Waals surface area contributed by atoms with Crippen LogP contribution in [-0.4, -0.2) is 101 Å². The number of nitrogens with zero attached hydrogens (tertiary/aromatic N) is 1. The van der Waals surface area contributed by atoms with Crippen LogP contribution in [0.4, 0.5) is 24.5 Å². The van der Waals surface area contributed by atoms with Gasteiger partial charge in [0.05, 0.1) is 42.7 Å². The molecule has 10 nitrogen and oxygen atoms in total. The van der Waals surface area contributed by atoms with Gasteiger partial charge in [-0.3, -0.25) is 4.79 Å². The fraction of sp³-hybridized carbons (Fsp3) is 0.458. The molecular weight excluding hydrogens is 626 g/mol. The van der Waals surface area contributed by atoms with E-state index in [1.165, 1.54) is 24.1 Å². The second-order valence-corrected chi connectivity index (χ2v) is 10.5. The summed E-state index contributed by atoms with van der Waals surface area (Å²) in [7, 11) is 1.31. The molecule has 2 aliphatic heterocycles. The van der Waals surface area contributed by atoms with E-state index in [1.54, 1.807) is 6.07 Å². The molecule has 0 radical (unpaired) electrons. The summed E-state index contributed by atoms with van der Waals surface area (Å²) in [5.74, 6) is -4.03. The van der Waals surface area contributed by atoms with Gasteiger partial charge < -0.3 is 45.4 Å². The van der Waals surface area contributed by atoms with Crippen LogP contribution in [0.25, 0.3) is 0 Å². The molecule has 2 aromatic carbocycles. The smallest absolute Gasteiger partial charge is 0.256 e. The Morgan fingerprint density at radius 1 is 1.18 bits per heavy atom. The normalized spacial score (nSPS) is 26.7. The molecule has 4 rings (SSSR count). The third kappa shape index (κ3) is 5.77. The first-order valence-corrected chi connectivity index (χ1v) is 12.7. The zero-order valence-electron chi connectivity index (χ0n) is 20.1. The van der Waals surface area contributed by atoms with E-state index in [1.807, 2.05) is 22.6 Å². The summed E-state index contributed by atoms with van der Waals surface area (Å²) in [6.07, 6.45) is -4.88. The highest BCUT2D eigenvalue weighted by Gasteiger charge is 2.48. The second-order valence-electron chi connectivity index (χ2n) is 9.27. The van der Waals surface area contributed by atoms with Crippen LogP contribution in [-0.2, 0) is 9.47 Å². The van der Waals surface area contributed by atoms with Crippen molar-refractivity contribution in [2.24, 2.45) is 0 Å². The number of rotatable bonds is 8. The maximum Gasteiger partial charge on any atom is 0.256 e. The molecule has 1 amide bonds. The van der Waals surface area contributed by atoms with E-state index >= 15 is 0 Å². The average Bonchev–Trinajstić information content (AvgIpc) is 2.87. The summed E-state index contributed by atoms with van der Waals surface area (Å²) in [4.78, 5) is 14.3. The molecule has 14 heteroatoms. The van der Waals surface area contributed by atoms with E-state index in [9.17, 15) is 38.4 Å². The number of carbonyl (C=O) groups is 1. The highest BCUT2D eigenvalue weighted by Crippen LogP contribution is 2.32. The Hall–Kier alpha value is -2.05. The van der Waals surface area contributed by atoms with E-state index in [0.717, 1.165) is 12.1 Å². The Balaban J connectivity index is 1.44. The third-order valence-electron chi connectivity index (χ3n) is 6.55. The maximum atomic E-state index is 14.7. The topological polar surface area (TPSA) is 144 Å². The zero-order chi connectivity index (χ0) is 27.8. The Morgan fingerprint density at radius 3 is 2.53 bits per heavy atom. The summed E-state index contributed by atoms with van der Waals surface area (Å²) >= 11 is 1.89. The van der Waals surface area contributed by atoms with Crippen molar-refractivity contribution in [3.8, 4) is 0 Å². The van der Waals surface area contributed by atoms with Gasteiger partial charge in [-0.2, -0.15) is 0 Å². The number of hydrogen-bond acceptors (Lipinski definition) is 9. The average molecular weight is 653 g/mol. The highest BCUT2D eigenvalue weighted by molar-refractivity contribution is 14.1. The van der Waals surface area contributed by atoms with Crippen LogP contribution in [0.2, 0.25) is 0 Å². The zero-order valence-corrected chi connectivity index (χ0v) is 22.2. The summed E-state index contributed by atoms with van der Waals surface area (Å²) in [5, 5.41) is 46.0. The number of likely N-dealkylation sites (tertiary alicyclic amines) is 1. The number of halogens is 4. The molecule has 0 saturated carbocycles. The van der Waals surface area contributed by atoms with Crippen LogP contribution >= 0.6 is 22.6 Å². The number of hydrogen-bond donors (Lipinski definition) is 6. The molecule has 2 fully saturated rings. The van der Waals surface area contributed by atoms with Gasteiger partial charge in [-0.05, 0) is 52.9 Å². The van der Waals surface area contributed by atoms with Crippen LogP contribution in [0, 0.1) is 21.0 Å². The van der Waals surface area contributed by atoms with Crippen molar-refractivity contribution in [1.82, 2.24) is 10.2 Å². The van der Waals surface area contributed by atoms with Crippen LogP contribution in [0.15, 0.2) is 30.3 Å². The van der Waals surface area contributed by atoms with Gasteiger partial charge in [0.25, 0.3) is 5.91 Å². The van der Waals surface area contributed by atoms with Crippen LogP contribution in [0.1, 0.15) is 10.4 Å². The number of ether oxygens (including phenoxy) is 2. The fourth-order valence-corrected chi connectivity index (χ4v) is 4.93. The molecule has 6 N–H and O–H groups in total. The van der Waals surface area contributed by atoms with Gasteiger partial charge in [0, 0.05) is 17.2 Å². The lowest BCUT2D eigenvalue weighted by Gasteiger charge is -2.48. The SMILES string of the molecule is CO[C@@H]1O[C@H](CO)[C@@H](O)[C@H](O)C1NCC1(O)CN(C(=O)c2ccc(F)c(F)c2Nc2ccc(I)cc2F)C1. The van der Waals surface area contributed by atoms with E-state index in [-0.39, 0.29) is 30.9 Å². The Bertz CT molecular complexity index is 1190. The van der Waals surface area contributed by atoms with Crippen molar-refractivity contribution >= 4 is 39.9 Å². The number of anilines is 2. The van der Waals surface area contributed by atoms with Crippen molar-refractivity contribution in [2.75, 3.05) is 38.7 Å². The predicted octanol–water partition coefficient (Wildman–Crippen LogP) is 0.683. The Kier molecular flexibility index (Phi) is 8.83. The highest BCUT2D eigenvalue weighted by atomic mass is 127. The van der Waals surface area contributed by atoms with Gasteiger partial charge in [-0.25, -0.2) is 13.2 Å². The monoisotopic (exact) mass is 653 g/mol. The number of β-amino-alcohol motifs (C(OH)–C–C–N with tert-alkyl or cyclic N) is 1. The molecule has 2 aliphatic rings. The van der Waals surface area contributed by atoms with Gasteiger partial charge in [0.2, 0.25) is 0 Å². The maximum absolute atomic E-state index is 14.7. The van der Waals surface area contributed by atoms with E-state index in [2.05, 4.69) is 10.6 Å². The molecule has 0 aliphatic carbocycles. The number of nitrogens with one attached hydrogen (secondary N) is 2. The van der Waals surface area contributed by atoms with Crippen molar-refractivity contribution in [2.45, 2.75) is 36.2 Å². The van der Waals surface area contributed by atoms with Crippen molar-refractivity contribution < 1.29 is 47.9 Å². The molecule has 0 aromatic heterocycles. The lowest BCUT2D eigenvalue weighted by atomic mass is 9.91. The van der Waals surface area contributed by atoms with Crippen LogP contribution < -0.4 is 10.6 Å². The molecule has 0 spiro atoms. The van der Waals surface area contributed by atoms with Crippen molar-refractivity contribution in [1.29, 1.82) is 0 Å². The van der Waals surface area contributed by atoms with Gasteiger partial charge in [0.1, 0.15) is 29.7 Å². The molecule has 2 saturated heterocycles. The Labute approximate surface area is 229 Å². The van der Waals surface area contributed by atoms with E-state index in [4.69, 9.17) is 9.47 Å². The number of methoxy groups -OCH3 is 1. The van der Waals surface area contributed by atoms with E-state index < -0.39 is 71.9 Å². The quantitative estimate of drug-likeness (QED) is 0.227.